The second-order valence-corrected chi connectivity index (χ2v) is 4.92. The Labute approximate surface area is 105 Å². The Kier molecular flexibility index (Phi) is 3.10. The number of hydrogen-bond donors (Lipinski definition) is 3. The Bertz CT molecular complexity index is 544. The Morgan fingerprint density at radius 1 is 1.56 bits per heavy atom. The van der Waals surface area contributed by atoms with Gasteiger partial charge in [0.2, 0.25) is 0 Å². The molecule has 4 N–H and O–H groups in total. The van der Waals surface area contributed by atoms with E-state index in [4.69, 9.17) is 5.84 Å². The van der Waals surface area contributed by atoms with Gasteiger partial charge in [0.15, 0.2) is 17.3 Å². The van der Waals surface area contributed by atoms with E-state index < -0.39 is 5.60 Å². The van der Waals surface area contributed by atoms with E-state index in [-0.39, 0.29) is 0 Å². The lowest BCUT2D eigenvalue weighted by atomic mass is 10.1. The number of nitrogens with two attached hydrogens (primary N) is 1. The summed E-state index contributed by atoms with van der Waals surface area (Å²) in [4.78, 5) is 10.5. The molecule has 0 unspecified atom stereocenters. The number of hydrazine groups is 1. The standard InChI is InChI=1S/C11H18N6O/c1-11(2,18)7-16(3)10-9-13-4-5-17(9)6-8(14-10)15-12/h4-6,15,18H,7,12H2,1-3H3. The van der Waals surface area contributed by atoms with Gasteiger partial charge in [-0.15, -0.1) is 0 Å². The maximum Gasteiger partial charge on any atom is 0.180 e. The van der Waals surface area contributed by atoms with Gasteiger partial charge in [0.1, 0.15) is 0 Å². The molecule has 0 saturated heterocycles. The molecule has 2 aromatic rings. The van der Waals surface area contributed by atoms with Crippen LogP contribution in [0.5, 0.6) is 0 Å². The number of aromatic nitrogens is 3. The molecule has 0 aliphatic rings. The summed E-state index contributed by atoms with van der Waals surface area (Å²) < 4.78 is 1.83. The van der Waals surface area contributed by atoms with Gasteiger partial charge in [0, 0.05) is 26.0 Å². The van der Waals surface area contributed by atoms with E-state index in [1.165, 1.54) is 0 Å². The van der Waals surface area contributed by atoms with E-state index in [1.54, 1.807) is 26.2 Å². The fourth-order valence-electron chi connectivity index (χ4n) is 1.90. The van der Waals surface area contributed by atoms with Crippen molar-refractivity contribution in [3.05, 3.63) is 18.6 Å². The second kappa shape index (κ2) is 4.43. The number of fused-ring (bicyclic) bond motifs is 1. The molecule has 98 valence electrons. The normalized spacial score (nSPS) is 11.8. The van der Waals surface area contributed by atoms with Crippen molar-refractivity contribution in [2.75, 3.05) is 23.9 Å². The fraction of sp³-hybridized carbons (Fsp3) is 0.455. The van der Waals surface area contributed by atoms with Crippen LogP contribution in [0.25, 0.3) is 5.65 Å². The molecule has 0 spiro atoms. The Hall–Kier alpha value is -1.86. The van der Waals surface area contributed by atoms with Crippen molar-refractivity contribution in [1.82, 2.24) is 14.4 Å². The molecule has 0 atom stereocenters. The predicted octanol–water partition coefficient (Wildman–Crippen LogP) is 0.222. The van der Waals surface area contributed by atoms with Gasteiger partial charge < -0.3 is 19.8 Å². The molecule has 0 bridgehead atoms. The molecule has 2 heterocycles. The van der Waals surface area contributed by atoms with Crippen molar-refractivity contribution < 1.29 is 5.11 Å². The molecule has 0 fully saturated rings. The molecule has 2 rings (SSSR count). The van der Waals surface area contributed by atoms with Gasteiger partial charge >= 0.3 is 0 Å². The first kappa shape index (κ1) is 12.6. The first-order valence-electron chi connectivity index (χ1n) is 5.64. The third-order valence-electron chi connectivity index (χ3n) is 2.49. The minimum atomic E-state index is -0.813. The molecule has 0 aliphatic carbocycles. The number of rotatable bonds is 4. The fourth-order valence-corrected chi connectivity index (χ4v) is 1.90. The summed E-state index contributed by atoms with van der Waals surface area (Å²) in [7, 11) is 1.86. The van der Waals surface area contributed by atoms with Crippen LogP contribution in [0.3, 0.4) is 0 Å². The number of aliphatic hydroxyl groups is 1. The zero-order valence-corrected chi connectivity index (χ0v) is 10.8. The highest BCUT2D eigenvalue weighted by molar-refractivity contribution is 5.66. The largest absolute Gasteiger partial charge is 0.389 e. The topological polar surface area (TPSA) is 91.7 Å². The van der Waals surface area contributed by atoms with Crippen LogP contribution in [-0.4, -0.2) is 38.7 Å². The molecule has 7 nitrogen and oxygen atoms in total. The van der Waals surface area contributed by atoms with Crippen LogP contribution < -0.4 is 16.2 Å². The molecule has 7 heteroatoms. The molecular weight excluding hydrogens is 232 g/mol. The molecule has 18 heavy (non-hydrogen) atoms. The summed E-state index contributed by atoms with van der Waals surface area (Å²) in [6.45, 7) is 3.94. The minimum Gasteiger partial charge on any atom is -0.389 e. The van der Waals surface area contributed by atoms with Crippen LogP contribution in [0.15, 0.2) is 18.6 Å². The first-order chi connectivity index (χ1) is 8.40. The number of nitrogens with one attached hydrogen (secondary N) is 1. The van der Waals surface area contributed by atoms with Gasteiger partial charge in [-0.3, -0.25) is 0 Å². The predicted molar refractivity (Wildman–Crippen MR) is 70.4 cm³/mol. The van der Waals surface area contributed by atoms with Crippen LogP contribution in [0.2, 0.25) is 0 Å². The third-order valence-corrected chi connectivity index (χ3v) is 2.49. The molecule has 0 radical (unpaired) electrons. The highest BCUT2D eigenvalue weighted by atomic mass is 16.3. The minimum absolute atomic E-state index is 0.441. The average Bonchev–Trinajstić information content (AvgIpc) is 2.72. The van der Waals surface area contributed by atoms with Crippen LogP contribution in [0.4, 0.5) is 11.6 Å². The van der Waals surface area contributed by atoms with E-state index in [0.717, 1.165) is 5.65 Å². The van der Waals surface area contributed by atoms with Gasteiger partial charge in [0.05, 0.1) is 11.8 Å². The van der Waals surface area contributed by atoms with E-state index in [9.17, 15) is 5.11 Å². The number of imidazole rings is 1. The van der Waals surface area contributed by atoms with E-state index in [2.05, 4.69) is 15.4 Å². The van der Waals surface area contributed by atoms with Crippen molar-refractivity contribution >= 4 is 17.3 Å². The van der Waals surface area contributed by atoms with Crippen LogP contribution in [-0.2, 0) is 0 Å². The van der Waals surface area contributed by atoms with E-state index in [0.29, 0.717) is 18.2 Å². The monoisotopic (exact) mass is 250 g/mol. The summed E-state index contributed by atoms with van der Waals surface area (Å²) >= 11 is 0. The smallest absolute Gasteiger partial charge is 0.180 e. The highest BCUT2D eigenvalue weighted by Crippen LogP contribution is 2.20. The van der Waals surface area contributed by atoms with Crippen molar-refractivity contribution in [3.8, 4) is 0 Å². The van der Waals surface area contributed by atoms with Crippen LogP contribution >= 0.6 is 0 Å². The molecular formula is C11H18N6O. The quantitative estimate of drug-likeness (QED) is 0.531. The maximum absolute atomic E-state index is 9.86. The Balaban J connectivity index is 2.45. The van der Waals surface area contributed by atoms with E-state index in [1.807, 2.05) is 22.5 Å². The lowest BCUT2D eigenvalue weighted by Gasteiger charge is -2.26. The summed E-state index contributed by atoms with van der Waals surface area (Å²) in [5, 5.41) is 9.86. The number of anilines is 2. The number of likely N-dealkylation sites (N-methyl/N-ethyl adjacent to an activating group) is 1. The number of nitrogen functional groups attached to an aromatic ring is 1. The zero-order valence-electron chi connectivity index (χ0n) is 10.8. The van der Waals surface area contributed by atoms with E-state index >= 15 is 0 Å². The molecule has 0 aromatic carbocycles. The van der Waals surface area contributed by atoms with Crippen molar-refractivity contribution in [1.29, 1.82) is 0 Å². The Morgan fingerprint density at radius 3 is 2.89 bits per heavy atom. The molecule has 0 saturated carbocycles. The van der Waals surface area contributed by atoms with Gasteiger partial charge in [-0.25, -0.2) is 15.8 Å². The van der Waals surface area contributed by atoms with Gasteiger partial charge in [-0.1, -0.05) is 0 Å². The van der Waals surface area contributed by atoms with Crippen molar-refractivity contribution in [3.63, 3.8) is 0 Å². The lowest BCUT2D eigenvalue weighted by Crippen LogP contribution is -2.37. The maximum atomic E-state index is 9.86. The van der Waals surface area contributed by atoms with Gasteiger partial charge in [0.25, 0.3) is 0 Å². The summed E-state index contributed by atoms with van der Waals surface area (Å²) in [5.74, 6) is 6.60. The summed E-state index contributed by atoms with van der Waals surface area (Å²) in [6.07, 6.45) is 5.27. The first-order valence-corrected chi connectivity index (χ1v) is 5.64. The third kappa shape index (κ3) is 2.52. The van der Waals surface area contributed by atoms with Crippen LogP contribution in [0.1, 0.15) is 13.8 Å². The SMILES string of the molecule is CN(CC(C)(C)O)c1nc(NN)cn2ccnc12. The molecule has 0 amide bonds. The van der Waals surface area contributed by atoms with Crippen molar-refractivity contribution in [2.45, 2.75) is 19.4 Å². The lowest BCUT2D eigenvalue weighted by molar-refractivity contribution is 0.0885. The van der Waals surface area contributed by atoms with Crippen LogP contribution in [0, 0.1) is 0 Å². The van der Waals surface area contributed by atoms with Crippen molar-refractivity contribution in [2.24, 2.45) is 5.84 Å². The molecule has 0 aliphatic heterocycles. The Morgan fingerprint density at radius 2 is 2.28 bits per heavy atom. The highest BCUT2D eigenvalue weighted by Gasteiger charge is 2.19. The summed E-state index contributed by atoms with van der Waals surface area (Å²) in [6, 6.07) is 0. The average molecular weight is 250 g/mol. The number of hydrogen-bond acceptors (Lipinski definition) is 6. The van der Waals surface area contributed by atoms with Gasteiger partial charge in [-0.05, 0) is 13.8 Å². The zero-order chi connectivity index (χ0) is 13.3. The number of nitrogens with zero attached hydrogens (tertiary/aromatic N) is 4. The second-order valence-electron chi connectivity index (χ2n) is 4.92. The molecule has 2 aromatic heterocycles. The van der Waals surface area contributed by atoms with Gasteiger partial charge in [-0.2, -0.15) is 0 Å². The summed E-state index contributed by atoms with van der Waals surface area (Å²) in [5.41, 5.74) is 2.43.